The topological polar surface area (TPSA) is 0 Å². The first-order valence-electron chi connectivity index (χ1n) is 9.11. The highest BCUT2D eigenvalue weighted by atomic mass is 32.1. The van der Waals surface area contributed by atoms with E-state index in [0.717, 1.165) is 4.90 Å². The van der Waals surface area contributed by atoms with Crippen LogP contribution in [0.3, 0.4) is 0 Å². The molecule has 21 heavy (non-hydrogen) atoms. The molecule has 0 aliphatic carbocycles. The van der Waals surface area contributed by atoms with Crippen molar-refractivity contribution in [3.8, 4) is 0 Å². The maximum atomic E-state index is 4.32. The second-order valence-electron chi connectivity index (χ2n) is 6.31. The molecule has 0 bridgehead atoms. The van der Waals surface area contributed by atoms with Crippen LogP contribution in [0.5, 0.6) is 0 Å². The molecule has 120 valence electrons. The lowest BCUT2D eigenvalue weighted by molar-refractivity contribution is 0.544. The van der Waals surface area contributed by atoms with Crippen molar-refractivity contribution in [1.82, 2.24) is 0 Å². The summed E-state index contributed by atoms with van der Waals surface area (Å²) in [6.07, 6.45) is 18.3. The van der Waals surface area contributed by atoms with Crippen molar-refractivity contribution in [2.75, 3.05) is 0 Å². The van der Waals surface area contributed by atoms with Gasteiger partial charge >= 0.3 is 0 Å². The summed E-state index contributed by atoms with van der Waals surface area (Å²) in [4.78, 5) is 1.06. The lowest BCUT2D eigenvalue weighted by atomic mass is 10.0. The molecule has 0 unspecified atom stereocenters. The molecule has 1 aromatic carbocycles. The van der Waals surface area contributed by atoms with Crippen LogP contribution in [0, 0.1) is 0 Å². The van der Waals surface area contributed by atoms with Crippen LogP contribution in [-0.2, 0) is 6.42 Å². The van der Waals surface area contributed by atoms with E-state index in [1.165, 1.54) is 89.0 Å². The molecule has 0 radical (unpaired) electrons. The molecule has 0 heterocycles. The molecule has 1 aromatic rings. The summed E-state index contributed by atoms with van der Waals surface area (Å²) in [5.41, 5.74) is 1.46. The van der Waals surface area contributed by atoms with Gasteiger partial charge in [0.25, 0.3) is 0 Å². The molecule has 0 N–H and O–H groups in total. The number of thiol groups is 1. The molecule has 0 aliphatic rings. The van der Waals surface area contributed by atoms with Crippen LogP contribution in [0.15, 0.2) is 29.2 Å². The van der Waals surface area contributed by atoms with Gasteiger partial charge in [-0.15, -0.1) is 12.6 Å². The van der Waals surface area contributed by atoms with Gasteiger partial charge in [0.05, 0.1) is 0 Å². The molecule has 0 aliphatic heterocycles. The first-order chi connectivity index (χ1) is 10.3. The fourth-order valence-electron chi connectivity index (χ4n) is 2.83. The Morgan fingerprint density at radius 3 is 1.52 bits per heavy atom. The van der Waals surface area contributed by atoms with E-state index in [4.69, 9.17) is 0 Å². The molecule has 0 nitrogen and oxygen atoms in total. The molecule has 0 saturated heterocycles. The zero-order chi connectivity index (χ0) is 15.2. The van der Waals surface area contributed by atoms with E-state index in [1.54, 1.807) is 0 Å². The van der Waals surface area contributed by atoms with Gasteiger partial charge in [0.1, 0.15) is 0 Å². The lowest BCUT2D eigenvalue weighted by Crippen LogP contribution is -1.86. The smallest absolute Gasteiger partial charge is 0.00401 e. The van der Waals surface area contributed by atoms with E-state index in [9.17, 15) is 0 Å². The maximum absolute atomic E-state index is 4.32. The third-order valence-corrected chi connectivity index (χ3v) is 4.55. The Hall–Kier alpha value is -0.430. The highest BCUT2D eigenvalue weighted by Crippen LogP contribution is 2.14. The van der Waals surface area contributed by atoms with Crippen LogP contribution >= 0.6 is 12.6 Å². The summed E-state index contributed by atoms with van der Waals surface area (Å²) in [6, 6.07) is 8.61. The number of hydrogen-bond donors (Lipinski definition) is 1. The molecule has 0 fully saturated rings. The fourth-order valence-corrected chi connectivity index (χ4v) is 2.98. The average molecular weight is 307 g/mol. The molecular weight excluding hydrogens is 272 g/mol. The van der Waals surface area contributed by atoms with Gasteiger partial charge in [0.15, 0.2) is 0 Å². The van der Waals surface area contributed by atoms with Crippen LogP contribution in [0.2, 0.25) is 0 Å². The van der Waals surface area contributed by atoms with Gasteiger partial charge < -0.3 is 0 Å². The Bertz CT molecular complexity index is 328. The van der Waals surface area contributed by atoms with Gasteiger partial charge in [-0.25, -0.2) is 0 Å². The van der Waals surface area contributed by atoms with E-state index in [1.807, 2.05) is 0 Å². The van der Waals surface area contributed by atoms with Gasteiger partial charge in [-0.2, -0.15) is 0 Å². The van der Waals surface area contributed by atoms with Crippen molar-refractivity contribution >= 4 is 12.6 Å². The molecule has 0 spiro atoms. The predicted molar refractivity (Wildman–Crippen MR) is 98.5 cm³/mol. The Morgan fingerprint density at radius 1 is 0.619 bits per heavy atom. The van der Waals surface area contributed by atoms with E-state index in [2.05, 4.69) is 43.8 Å². The summed E-state index contributed by atoms with van der Waals surface area (Å²) in [5.74, 6) is 0. The van der Waals surface area contributed by atoms with Crippen molar-refractivity contribution in [2.45, 2.75) is 95.3 Å². The molecular formula is C20H34S. The first kappa shape index (κ1) is 18.6. The largest absolute Gasteiger partial charge is 0.143 e. The van der Waals surface area contributed by atoms with Crippen LogP contribution in [-0.4, -0.2) is 0 Å². The number of benzene rings is 1. The van der Waals surface area contributed by atoms with Crippen LogP contribution < -0.4 is 0 Å². The van der Waals surface area contributed by atoms with Gasteiger partial charge in [0, 0.05) is 4.90 Å². The molecule has 0 atom stereocenters. The average Bonchev–Trinajstić information content (AvgIpc) is 2.50. The summed E-state index contributed by atoms with van der Waals surface area (Å²) in [5, 5.41) is 0. The van der Waals surface area contributed by atoms with Crippen molar-refractivity contribution in [3.05, 3.63) is 29.8 Å². The highest BCUT2D eigenvalue weighted by molar-refractivity contribution is 7.80. The Kier molecular flexibility index (Phi) is 11.7. The summed E-state index contributed by atoms with van der Waals surface area (Å²) in [7, 11) is 0. The highest BCUT2D eigenvalue weighted by Gasteiger charge is 1.95. The first-order valence-corrected chi connectivity index (χ1v) is 9.55. The zero-order valence-corrected chi connectivity index (χ0v) is 14.8. The number of hydrogen-bond acceptors (Lipinski definition) is 1. The number of unbranched alkanes of at least 4 members (excludes halogenated alkanes) is 11. The summed E-state index contributed by atoms with van der Waals surface area (Å²) < 4.78 is 0. The summed E-state index contributed by atoms with van der Waals surface area (Å²) in [6.45, 7) is 2.29. The Morgan fingerprint density at radius 2 is 1.05 bits per heavy atom. The SMILES string of the molecule is CCCCCCCCCCCCCCc1ccc(S)cc1. The molecule has 0 saturated carbocycles. The number of rotatable bonds is 13. The molecule has 0 amide bonds. The Balaban J connectivity index is 1.81. The third kappa shape index (κ3) is 10.9. The standard InChI is InChI=1S/C20H34S/c1-2-3-4-5-6-7-8-9-10-11-12-13-14-19-15-17-20(21)18-16-19/h15-18,21H,2-14H2,1H3. The van der Waals surface area contributed by atoms with Gasteiger partial charge in [-0.3, -0.25) is 0 Å². The van der Waals surface area contributed by atoms with Gasteiger partial charge in [-0.1, -0.05) is 89.7 Å². The van der Waals surface area contributed by atoms with E-state index in [0.29, 0.717) is 0 Å². The third-order valence-electron chi connectivity index (χ3n) is 4.26. The predicted octanol–water partition coefficient (Wildman–Crippen LogP) is 7.22. The van der Waals surface area contributed by atoms with Crippen molar-refractivity contribution in [3.63, 3.8) is 0 Å². The monoisotopic (exact) mass is 306 g/mol. The van der Waals surface area contributed by atoms with E-state index in [-0.39, 0.29) is 0 Å². The Labute approximate surface area is 138 Å². The molecule has 0 aromatic heterocycles. The summed E-state index contributed by atoms with van der Waals surface area (Å²) >= 11 is 4.32. The zero-order valence-electron chi connectivity index (χ0n) is 13.9. The minimum Gasteiger partial charge on any atom is -0.143 e. The van der Waals surface area contributed by atoms with Gasteiger partial charge in [-0.05, 0) is 30.5 Å². The maximum Gasteiger partial charge on any atom is 0.00401 e. The second kappa shape index (κ2) is 13.2. The van der Waals surface area contributed by atoms with Crippen molar-refractivity contribution in [2.24, 2.45) is 0 Å². The molecule has 1 heteroatoms. The second-order valence-corrected chi connectivity index (χ2v) is 6.82. The van der Waals surface area contributed by atoms with Crippen LogP contribution in [0.1, 0.15) is 89.5 Å². The van der Waals surface area contributed by atoms with Gasteiger partial charge in [0.2, 0.25) is 0 Å². The van der Waals surface area contributed by atoms with E-state index >= 15 is 0 Å². The minimum absolute atomic E-state index is 1.06. The van der Waals surface area contributed by atoms with Crippen LogP contribution in [0.25, 0.3) is 0 Å². The normalized spacial score (nSPS) is 11.0. The fraction of sp³-hybridized carbons (Fsp3) is 0.700. The quantitative estimate of drug-likeness (QED) is 0.288. The van der Waals surface area contributed by atoms with Crippen LogP contribution in [0.4, 0.5) is 0 Å². The minimum atomic E-state index is 1.06. The molecule has 1 rings (SSSR count). The van der Waals surface area contributed by atoms with Crippen molar-refractivity contribution < 1.29 is 0 Å². The number of aryl methyl sites for hydroxylation is 1. The van der Waals surface area contributed by atoms with Crippen molar-refractivity contribution in [1.29, 1.82) is 0 Å². The van der Waals surface area contributed by atoms with E-state index < -0.39 is 0 Å². The lowest BCUT2D eigenvalue weighted by Gasteiger charge is -2.03.